The molecule has 0 saturated carbocycles. The third kappa shape index (κ3) is 2.27. The molecule has 1 N–H and O–H groups in total. The van der Waals surface area contributed by atoms with Crippen LogP contribution in [-0.2, 0) is 0 Å². The maximum Gasteiger partial charge on any atom is 0.164 e. The van der Waals surface area contributed by atoms with Crippen molar-refractivity contribution in [2.24, 2.45) is 0 Å². The lowest BCUT2D eigenvalue weighted by molar-refractivity contribution is 0.205. The number of fused-ring (bicyclic) bond motifs is 1. The fourth-order valence-electron chi connectivity index (χ4n) is 1.98. The fraction of sp³-hybridized carbons (Fsp3) is 0.143. The average Bonchev–Trinajstić information content (AvgIpc) is 2.90. The highest BCUT2D eigenvalue weighted by Crippen LogP contribution is 2.20. The first-order valence-corrected chi connectivity index (χ1v) is 7.04. The van der Waals surface area contributed by atoms with Gasteiger partial charge in [-0.2, -0.15) is 0 Å². The lowest BCUT2D eigenvalue weighted by atomic mass is 10.1. The minimum absolute atomic E-state index is 0.480. The number of nitrogens with zero attached hydrogens (tertiary/aromatic N) is 3. The van der Waals surface area contributed by atoms with E-state index in [0.717, 1.165) is 22.4 Å². The van der Waals surface area contributed by atoms with Gasteiger partial charge in [-0.05, 0) is 29.8 Å². The van der Waals surface area contributed by atoms with E-state index < -0.39 is 6.10 Å². The molecule has 1 unspecified atom stereocenters. The Balaban J connectivity index is 2.02. The molecule has 2 heterocycles. The van der Waals surface area contributed by atoms with Crippen molar-refractivity contribution in [2.45, 2.75) is 6.10 Å². The zero-order valence-corrected chi connectivity index (χ0v) is 11.7. The van der Waals surface area contributed by atoms with Gasteiger partial charge in [-0.15, -0.1) is 0 Å². The summed E-state index contributed by atoms with van der Waals surface area (Å²) in [7, 11) is 0. The maximum absolute atomic E-state index is 9.74. The van der Waals surface area contributed by atoms with Crippen LogP contribution in [0.5, 0.6) is 0 Å². The van der Waals surface area contributed by atoms with Crippen LogP contribution < -0.4 is 0 Å². The highest BCUT2D eigenvalue weighted by atomic mass is 79.9. The Bertz CT molecular complexity index is 693. The average molecular weight is 318 g/mol. The van der Waals surface area contributed by atoms with Gasteiger partial charge in [0.2, 0.25) is 0 Å². The first kappa shape index (κ1) is 12.3. The molecule has 3 rings (SSSR count). The zero-order chi connectivity index (χ0) is 13.2. The second-order valence-electron chi connectivity index (χ2n) is 4.22. The zero-order valence-electron chi connectivity index (χ0n) is 10.1. The minimum Gasteiger partial charge on any atom is -0.388 e. The number of benzene rings is 1. The Morgan fingerprint density at radius 1 is 1.16 bits per heavy atom. The first-order chi connectivity index (χ1) is 9.29. The quantitative estimate of drug-likeness (QED) is 0.756. The highest BCUT2D eigenvalue weighted by molar-refractivity contribution is 9.09. The summed E-state index contributed by atoms with van der Waals surface area (Å²) in [6, 6.07) is 11.5. The fourth-order valence-corrected chi connectivity index (χ4v) is 2.36. The van der Waals surface area contributed by atoms with Crippen LogP contribution in [0, 0.1) is 0 Å². The number of pyridine rings is 1. The standard InChI is InChI=1S/C14H12BrN3O/c15-8-13(19)10-3-5-11(6-4-10)18-9-17-12-2-1-7-16-14(12)18/h1-7,9,13,19H,8H2. The number of rotatable bonds is 3. The molecule has 96 valence electrons. The Labute approximate surface area is 118 Å². The summed E-state index contributed by atoms with van der Waals surface area (Å²) in [4.78, 5) is 8.65. The highest BCUT2D eigenvalue weighted by Gasteiger charge is 2.08. The number of alkyl halides is 1. The van der Waals surface area contributed by atoms with Gasteiger partial charge in [0, 0.05) is 17.2 Å². The Morgan fingerprint density at radius 2 is 1.95 bits per heavy atom. The van der Waals surface area contributed by atoms with Crippen molar-refractivity contribution in [1.82, 2.24) is 14.5 Å². The molecule has 0 saturated heterocycles. The molecular formula is C14H12BrN3O. The number of aliphatic hydroxyl groups excluding tert-OH is 1. The molecule has 4 nitrogen and oxygen atoms in total. The van der Waals surface area contributed by atoms with Gasteiger partial charge in [0.25, 0.3) is 0 Å². The molecule has 3 aromatic rings. The number of halogens is 1. The molecule has 0 amide bonds. The van der Waals surface area contributed by atoms with Crippen LogP contribution in [0.25, 0.3) is 16.9 Å². The summed E-state index contributed by atoms with van der Waals surface area (Å²) in [6.07, 6.45) is 3.03. The van der Waals surface area contributed by atoms with E-state index in [1.54, 1.807) is 12.5 Å². The summed E-state index contributed by atoms with van der Waals surface area (Å²) >= 11 is 3.27. The van der Waals surface area contributed by atoms with Crippen LogP contribution >= 0.6 is 15.9 Å². The second kappa shape index (κ2) is 5.11. The van der Waals surface area contributed by atoms with E-state index in [4.69, 9.17) is 0 Å². The van der Waals surface area contributed by atoms with E-state index in [2.05, 4.69) is 25.9 Å². The first-order valence-electron chi connectivity index (χ1n) is 5.92. The molecule has 0 aliphatic heterocycles. The Kier molecular flexibility index (Phi) is 3.31. The van der Waals surface area contributed by atoms with Crippen LogP contribution in [0.1, 0.15) is 11.7 Å². The predicted octanol–water partition coefficient (Wildman–Crippen LogP) is 2.85. The van der Waals surface area contributed by atoms with Crippen molar-refractivity contribution in [3.8, 4) is 5.69 Å². The number of hydrogen-bond donors (Lipinski definition) is 1. The summed E-state index contributed by atoms with van der Waals surface area (Å²) in [5.74, 6) is 0. The van der Waals surface area contributed by atoms with E-state index in [9.17, 15) is 5.11 Å². The topological polar surface area (TPSA) is 50.9 Å². The second-order valence-corrected chi connectivity index (χ2v) is 4.87. The van der Waals surface area contributed by atoms with Crippen molar-refractivity contribution < 1.29 is 5.11 Å². The van der Waals surface area contributed by atoms with E-state index >= 15 is 0 Å². The molecule has 0 radical (unpaired) electrons. The maximum atomic E-state index is 9.74. The SMILES string of the molecule is OC(CBr)c1ccc(-n2cnc3cccnc32)cc1. The number of aliphatic hydroxyl groups is 1. The van der Waals surface area contributed by atoms with Gasteiger partial charge < -0.3 is 5.11 Å². The van der Waals surface area contributed by atoms with Crippen LogP contribution in [0.2, 0.25) is 0 Å². The van der Waals surface area contributed by atoms with Gasteiger partial charge in [-0.1, -0.05) is 28.1 Å². The molecule has 1 aromatic carbocycles. The van der Waals surface area contributed by atoms with Crippen LogP contribution in [0.3, 0.4) is 0 Å². The molecule has 0 bridgehead atoms. The molecule has 5 heteroatoms. The van der Waals surface area contributed by atoms with Gasteiger partial charge in [-0.25, -0.2) is 9.97 Å². The van der Waals surface area contributed by atoms with Crippen molar-refractivity contribution in [1.29, 1.82) is 0 Å². The number of hydrogen-bond acceptors (Lipinski definition) is 3. The van der Waals surface area contributed by atoms with Crippen molar-refractivity contribution in [2.75, 3.05) is 5.33 Å². The molecule has 0 aliphatic rings. The molecule has 0 aliphatic carbocycles. The Hall–Kier alpha value is -1.72. The number of imidazole rings is 1. The molecule has 0 fully saturated rings. The van der Waals surface area contributed by atoms with E-state index in [1.807, 2.05) is 41.0 Å². The smallest absolute Gasteiger partial charge is 0.164 e. The Morgan fingerprint density at radius 3 is 2.68 bits per heavy atom. The summed E-state index contributed by atoms with van der Waals surface area (Å²) in [5.41, 5.74) is 3.56. The number of aromatic nitrogens is 3. The third-order valence-corrected chi connectivity index (χ3v) is 3.62. The van der Waals surface area contributed by atoms with Crippen molar-refractivity contribution in [3.05, 3.63) is 54.5 Å². The van der Waals surface area contributed by atoms with E-state index in [-0.39, 0.29) is 0 Å². The largest absolute Gasteiger partial charge is 0.388 e. The van der Waals surface area contributed by atoms with Gasteiger partial charge in [0.15, 0.2) is 5.65 Å². The monoisotopic (exact) mass is 317 g/mol. The van der Waals surface area contributed by atoms with Crippen LogP contribution in [-0.4, -0.2) is 25.0 Å². The van der Waals surface area contributed by atoms with Gasteiger partial charge in [0.1, 0.15) is 11.8 Å². The predicted molar refractivity (Wildman–Crippen MR) is 77.6 cm³/mol. The molecule has 19 heavy (non-hydrogen) atoms. The molecular weight excluding hydrogens is 306 g/mol. The van der Waals surface area contributed by atoms with Gasteiger partial charge in [-0.3, -0.25) is 4.57 Å². The van der Waals surface area contributed by atoms with Gasteiger partial charge >= 0.3 is 0 Å². The summed E-state index contributed by atoms with van der Waals surface area (Å²) in [5, 5.41) is 10.3. The minimum atomic E-state index is -0.480. The third-order valence-electron chi connectivity index (χ3n) is 3.01. The van der Waals surface area contributed by atoms with E-state index in [0.29, 0.717) is 5.33 Å². The van der Waals surface area contributed by atoms with Crippen LogP contribution in [0.15, 0.2) is 48.9 Å². The lowest BCUT2D eigenvalue weighted by Crippen LogP contribution is -1.99. The summed E-state index contributed by atoms with van der Waals surface area (Å²) in [6.45, 7) is 0. The van der Waals surface area contributed by atoms with Crippen molar-refractivity contribution >= 4 is 27.1 Å². The lowest BCUT2D eigenvalue weighted by Gasteiger charge is -2.09. The molecule has 0 spiro atoms. The normalized spacial score (nSPS) is 12.7. The van der Waals surface area contributed by atoms with E-state index in [1.165, 1.54) is 0 Å². The molecule has 2 aromatic heterocycles. The van der Waals surface area contributed by atoms with Crippen molar-refractivity contribution in [3.63, 3.8) is 0 Å². The van der Waals surface area contributed by atoms with Crippen LogP contribution in [0.4, 0.5) is 0 Å². The van der Waals surface area contributed by atoms with Gasteiger partial charge in [0.05, 0.1) is 6.10 Å². The molecule has 1 atom stereocenters. The summed E-state index contributed by atoms with van der Waals surface area (Å²) < 4.78 is 1.93.